The summed E-state index contributed by atoms with van der Waals surface area (Å²) in [6, 6.07) is 8.80. The molecular formula is C15H22BrNS. The van der Waals surface area contributed by atoms with Crippen LogP contribution in [0.1, 0.15) is 49.8 Å². The van der Waals surface area contributed by atoms with Crippen molar-refractivity contribution >= 4 is 27.7 Å². The minimum absolute atomic E-state index is 0.200. The van der Waals surface area contributed by atoms with Gasteiger partial charge in [-0.15, -0.1) is 11.8 Å². The molecule has 1 saturated carbocycles. The van der Waals surface area contributed by atoms with Crippen molar-refractivity contribution < 1.29 is 0 Å². The van der Waals surface area contributed by atoms with Crippen LogP contribution in [-0.2, 0) is 0 Å². The van der Waals surface area contributed by atoms with E-state index in [1.807, 2.05) is 0 Å². The van der Waals surface area contributed by atoms with Gasteiger partial charge in [0.2, 0.25) is 0 Å². The lowest BCUT2D eigenvalue weighted by atomic mass is 10.0. The first-order chi connectivity index (χ1) is 8.66. The standard InChI is InChI=1S/C15H22BrNS/c1-11(17)15(12-6-5-7-13(16)10-12)18-14-8-3-2-4-9-14/h5-7,10-11,14-15H,2-4,8-9,17H2,1H3. The van der Waals surface area contributed by atoms with E-state index in [1.165, 1.54) is 37.7 Å². The van der Waals surface area contributed by atoms with Gasteiger partial charge in [0.1, 0.15) is 0 Å². The van der Waals surface area contributed by atoms with Gasteiger partial charge in [-0.2, -0.15) is 0 Å². The van der Waals surface area contributed by atoms with Crippen LogP contribution in [0, 0.1) is 0 Å². The fourth-order valence-electron chi connectivity index (χ4n) is 2.60. The molecule has 0 bridgehead atoms. The zero-order valence-corrected chi connectivity index (χ0v) is 13.3. The lowest BCUT2D eigenvalue weighted by Gasteiger charge is -2.28. The fraction of sp³-hybridized carbons (Fsp3) is 0.600. The Balaban J connectivity index is 2.07. The molecule has 0 saturated heterocycles. The third-order valence-corrected chi connectivity index (χ3v) is 5.89. The van der Waals surface area contributed by atoms with E-state index in [9.17, 15) is 0 Å². The second-order valence-corrected chi connectivity index (χ2v) is 7.59. The summed E-state index contributed by atoms with van der Waals surface area (Å²) in [6.07, 6.45) is 6.92. The van der Waals surface area contributed by atoms with Crippen LogP contribution < -0.4 is 5.73 Å². The van der Waals surface area contributed by atoms with Crippen molar-refractivity contribution in [2.75, 3.05) is 0 Å². The van der Waals surface area contributed by atoms with Crippen molar-refractivity contribution in [2.45, 2.75) is 55.6 Å². The highest BCUT2D eigenvalue weighted by Crippen LogP contribution is 2.40. The number of hydrogen-bond acceptors (Lipinski definition) is 2. The van der Waals surface area contributed by atoms with Crippen LogP contribution in [-0.4, -0.2) is 11.3 Å². The summed E-state index contributed by atoms with van der Waals surface area (Å²) in [4.78, 5) is 0. The van der Waals surface area contributed by atoms with Crippen molar-refractivity contribution in [1.82, 2.24) is 0 Å². The molecule has 1 aromatic carbocycles. The van der Waals surface area contributed by atoms with Crippen LogP contribution in [0.25, 0.3) is 0 Å². The molecule has 0 spiro atoms. The van der Waals surface area contributed by atoms with Crippen molar-refractivity contribution in [3.05, 3.63) is 34.3 Å². The van der Waals surface area contributed by atoms with E-state index in [0.717, 1.165) is 9.72 Å². The molecule has 2 rings (SSSR count). The Morgan fingerprint density at radius 1 is 1.28 bits per heavy atom. The Bertz CT molecular complexity index is 375. The smallest absolute Gasteiger partial charge is 0.0448 e. The number of hydrogen-bond donors (Lipinski definition) is 1. The normalized spacial score (nSPS) is 20.6. The number of nitrogens with two attached hydrogens (primary N) is 1. The van der Waals surface area contributed by atoms with Gasteiger partial charge in [-0.1, -0.05) is 47.3 Å². The van der Waals surface area contributed by atoms with Gasteiger partial charge in [-0.25, -0.2) is 0 Å². The van der Waals surface area contributed by atoms with Gasteiger partial charge in [-0.05, 0) is 37.5 Å². The average molecular weight is 328 g/mol. The van der Waals surface area contributed by atoms with Crippen molar-refractivity contribution in [3.8, 4) is 0 Å². The molecule has 0 radical (unpaired) electrons. The minimum Gasteiger partial charge on any atom is -0.327 e. The van der Waals surface area contributed by atoms with Gasteiger partial charge in [0.15, 0.2) is 0 Å². The lowest BCUT2D eigenvalue weighted by Crippen LogP contribution is -2.25. The Labute approximate surface area is 123 Å². The molecule has 18 heavy (non-hydrogen) atoms. The average Bonchev–Trinajstić information content (AvgIpc) is 2.37. The minimum atomic E-state index is 0.200. The third kappa shape index (κ3) is 4.01. The zero-order chi connectivity index (χ0) is 13.0. The Morgan fingerprint density at radius 2 is 2.00 bits per heavy atom. The molecule has 3 heteroatoms. The summed E-state index contributed by atoms with van der Waals surface area (Å²) in [5, 5.41) is 1.22. The number of rotatable bonds is 4. The van der Waals surface area contributed by atoms with Crippen LogP contribution in [0.15, 0.2) is 28.7 Å². The maximum Gasteiger partial charge on any atom is 0.0448 e. The first-order valence-corrected chi connectivity index (χ1v) is 8.57. The molecule has 2 unspecified atom stereocenters. The van der Waals surface area contributed by atoms with E-state index in [0.29, 0.717) is 5.25 Å². The van der Waals surface area contributed by atoms with Crippen molar-refractivity contribution in [2.24, 2.45) is 5.73 Å². The summed E-state index contributed by atoms with van der Waals surface area (Å²) in [5.41, 5.74) is 7.56. The Kier molecular flexibility index (Phi) is 5.58. The van der Waals surface area contributed by atoms with Gasteiger partial charge < -0.3 is 5.73 Å². The van der Waals surface area contributed by atoms with Crippen LogP contribution in [0.3, 0.4) is 0 Å². The molecule has 0 amide bonds. The van der Waals surface area contributed by atoms with Gasteiger partial charge in [0, 0.05) is 21.0 Å². The zero-order valence-electron chi connectivity index (χ0n) is 10.9. The lowest BCUT2D eigenvalue weighted by molar-refractivity contribution is 0.513. The predicted octanol–water partition coefficient (Wildman–Crippen LogP) is 4.90. The van der Waals surface area contributed by atoms with E-state index in [4.69, 9.17) is 5.73 Å². The molecule has 0 heterocycles. The molecule has 1 aliphatic rings. The number of halogens is 1. The van der Waals surface area contributed by atoms with E-state index in [2.05, 4.69) is 58.9 Å². The quantitative estimate of drug-likeness (QED) is 0.850. The molecule has 2 atom stereocenters. The summed E-state index contributed by atoms with van der Waals surface area (Å²) in [5.74, 6) is 0. The highest BCUT2D eigenvalue weighted by atomic mass is 79.9. The van der Waals surface area contributed by atoms with Crippen LogP contribution >= 0.6 is 27.7 Å². The van der Waals surface area contributed by atoms with Crippen LogP contribution in [0.2, 0.25) is 0 Å². The van der Waals surface area contributed by atoms with E-state index >= 15 is 0 Å². The van der Waals surface area contributed by atoms with Gasteiger partial charge in [-0.3, -0.25) is 0 Å². The van der Waals surface area contributed by atoms with E-state index < -0.39 is 0 Å². The molecule has 1 fully saturated rings. The molecule has 1 aromatic rings. The molecule has 1 aliphatic carbocycles. The predicted molar refractivity (Wildman–Crippen MR) is 85.0 cm³/mol. The molecule has 0 aliphatic heterocycles. The second-order valence-electron chi connectivity index (χ2n) is 5.23. The van der Waals surface area contributed by atoms with Gasteiger partial charge in [0.25, 0.3) is 0 Å². The van der Waals surface area contributed by atoms with Crippen molar-refractivity contribution in [3.63, 3.8) is 0 Å². The molecule has 0 aromatic heterocycles. The Morgan fingerprint density at radius 3 is 2.61 bits per heavy atom. The maximum atomic E-state index is 6.20. The summed E-state index contributed by atoms with van der Waals surface area (Å²) >= 11 is 5.64. The van der Waals surface area contributed by atoms with Gasteiger partial charge in [0.05, 0.1) is 0 Å². The Hall–Kier alpha value is 0.01000. The molecule has 1 nitrogen and oxygen atoms in total. The monoisotopic (exact) mass is 327 g/mol. The first-order valence-electron chi connectivity index (χ1n) is 6.83. The van der Waals surface area contributed by atoms with E-state index in [1.54, 1.807) is 0 Å². The fourth-order valence-corrected chi connectivity index (χ4v) is 4.59. The van der Waals surface area contributed by atoms with Crippen LogP contribution in [0.4, 0.5) is 0 Å². The third-order valence-electron chi connectivity index (χ3n) is 3.55. The highest BCUT2D eigenvalue weighted by Gasteiger charge is 2.23. The molecule has 100 valence electrons. The highest BCUT2D eigenvalue weighted by molar-refractivity contribution is 9.10. The number of thioether (sulfide) groups is 1. The SMILES string of the molecule is CC(N)C(SC1CCCCC1)c1cccc(Br)c1. The van der Waals surface area contributed by atoms with Crippen molar-refractivity contribution in [1.29, 1.82) is 0 Å². The largest absolute Gasteiger partial charge is 0.327 e. The summed E-state index contributed by atoms with van der Waals surface area (Å²) in [7, 11) is 0. The summed E-state index contributed by atoms with van der Waals surface area (Å²) in [6.45, 7) is 2.13. The molecule has 2 N–H and O–H groups in total. The maximum absolute atomic E-state index is 6.20. The topological polar surface area (TPSA) is 26.0 Å². The summed E-state index contributed by atoms with van der Waals surface area (Å²) < 4.78 is 1.15. The van der Waals surface area contributed by atoms with E-state index in [-0.39, 0.29) is 6.04 Å². The number of benzene rings is 1. The first kappa shape index (κ1) is 14.4. The molecular weight excluding hydrogens is 306 g/mol. The van der Waals surface area contributed by atoms with Crippen LogP contribution in [0.5, 0.6) is 0 Å². The second kappa shape index (κ2) is 6.97. The van der Waals surface area contributed by atoms with Gasteiger partial charge >= 0.3 is 0 Å².